The molecule has 0 amide bonds. The van der Waals surface area contributed by atoms with E-state index in [9.17, 15) is 0 Å². The van der Waals surface area contributed by atoms with Crippen LogP contribution in [0.4, 0.5) is 11.4 Å². The van der Waals surface area contributed by atoms with Gasteiger partial charge in [-0.25, -0.2) is 0 Å². The van der Waals surface area contributed by atoms with E-state index in [0.29, 0.717) is 11.6 Å². The van der Waals surface area contributed by atoms with Crippen molar-refractivity contribution in [3.8, 4) is 6.07 Å². The van der Waals surface area contributed by atoms with Gasteiger partial charge in [0, 0.05) is 22.8 Å². The van der Waals surface area contributed by atoms with Gasteiger partial charge in [0.25, 0.3) is 0 Å². The van der Waals surface area contributed by atoms with Gasteiger partial charge in [-0.05, 0) is 49.6 Å². The van der Waals surface area contributed by atoms with E-state index in [-0.39, 0.29) is 0 Å². The van der Waals surface area contributed by atoms with Gasteiger partial charge in [-0.1, -0.05) is 36.4 Å². The summed E-state index contributed by atoms with van der Waals surface area (Å²) in [5, 5.41) is 11.4. The highest BCUT2D eigenvalue weighted by Crippen LogP contribution is 2.34. The molecule has 0 bridgehead atoms. The number of benzene rings is 3. The zero-order valence-corrected chi connectivity index (χ0v) is 12.8. The lowest BCUT2D eigenvalue weighted by atomic mass is 10.1. The summed E-state index contributed by atoms with van der Waals surface area (Å²) in [6.45, 7) is 4.36. The molecule has 0 aliphatic heterocycles. The fourth-order valence-electron chi connectivity index (χ4n) is 2.83. The molecule has 0 radical (unpaired) electrons. The predicted octanol–water partition coefficient (Wildman–Crippen LogP) is 5.26. The molecule has 0 aliphatic carbocycles. The zero-order valence-electron chi connectivity index (χ0n) is 12.8. The second kappa shape index (κ2) is 5.91. The number of nitriles is 1. The first-order valence-corrected chi connectivity index (χ1v) is 7.48. The van der Waals surface area contributed by atoms with Crippen molar-refractivity contribution >= 4 is 22.1 Å². The number of hydrogen-bond acceptors (Lipinski definition) is 2. The van der Waals surface area contributed by atoms with Crippen LogP contribution in [0, 0.1) is 11.3 Å². The van der Waals surface area contributed by atoms with Crippen molar-refractivity contribution in [1.29, 1.82) is 5.26 Å². The lowest BCUT2D eigenvalue weighted by molar-refractivity contribution is 0.791. The maximum absolute atomic E-state index is 8.97. The van der Waals surface area contributed by atoms with E-state index in [1.807, 2.05) is 24.3 Å². The van der Waals surface area contributed by atoms with E-state index in [2.05, 4.69) is 67.3 Å². The van der Waals surface area contributed by atoms with Crippen molar-refractivity contribution in [2.45, 2.75) is 19.9 Å². The van der Waals surface area contributed by atoms with Crippen LogP contribution >= 0.6 is 0 Å². The van der Waals surface area contributed by atoms with Gasteiger partial charge in [-0.3, -0.25) is 0 Å². The Morgan fingerprint density at radius 3 is 2.23 bits per heavy atom. The molecule has 0 saturated carbocycles. The van der Waals surface area contributed by atoms with E-state index >= 15 is 0 Å². The largest absolute Gasteiger partial charge is 0.338 e. The van der Waals surface area contributed by atoms with Gasteiger partial charge in [0.15, 0.2) is 0 Å². The average Bonchev–Trinajstić information content (AvgIpc) is 2.56. The standard InChI is InChI=1S/C20H18N2/c1-15(2)22(18-12-10-16(14-21)11-13-18)20-9-5-7-17-6-3-4-8-19(17)20/h3-13,15H,1-2H3. The van der Waals surface area contributed by atoms with Gasteiger partial charge in [-0.2, -0.15) is 5.26 Å². The summed E-state index contributed by atoms with van der Waals surface area (Å²) < 4.78 is 0. The summed E-state index contributed by atoms with van der Waals surface area (Å²) in [5.41, 5.74) is 2.98. The Bertz CT molecular complexity index is 821. The van der Waals surface area contributed by atoms with Gasteiger partial charge in [0.1, 0.15) is 0 Å². The minimum atomic E-state index is 0.318. The van der Waals surface area contributed by atoms with E-state index in [0.717, 1.165) is 5.69 Å². The minimum absolute atomic E-state index is 0.318. The highest BCUT2D eigenvalue weighted by molar-refractivity contribution is 5.96. The number of hydrogen-bond donors (Lipinski definition) is 0. The number of nitrogens with zero attached hydrogens (tertiary/aromatic N) is 2. The first-order chi connectivity index (χ1) is 10.7. The summed E-state index contributed by atoms with van der Waals surface area (Å²) >= 11 is 0. The highest BCUT2D eigenvalue weighted by Gasteiger charge is 2.15. The molecule has 3 aromatic carbocycles. The number of fused-ring (bicyclic) bond motifs is 1. The first-order valence-electron chi connectivity index (χ1n) is 7.48. The van der Waals surface area contributed by atoms with Crippen LogP contribution in [0.15, 0.2) is 66.7 Å². The SMILES string of the molecule is CC(C)N(c1ccc(C#N)cc1)c1cccc2ccccc12. The van der Waals surface area contributed by atoms with Gasteiger partial charge < -0.3 is 4.90 Å². The van der Waals surface area contributed by atoms with Gasteiger partial charge in [0.05, 0.1) is 11.6 Å². The molecule has 0 aromatic heterocycles. The minimum Gasteiger partial charge on any atom is -0.338 e. The molecule has 3 rings (SSSR count). The van der Waals surface area contributed by atoms with Crippen LogP contribution in [0.3, 0.4) is 0 Å². The molecule has 0 heterocycles. The van der Waals surface area contributed by atoms with Gasteiger partial charge in [-0.15, -0.1) is 0 Å². The first kappa shape index (κ1) is 14.2. The molecule has 22 heavy (non-hydrogen) atoms. The molecule has 0 saturated heterocycles. The van der Waals surface area contributed by atoms with E-state index in [4.69, 9.17) is 5.26 Å². The van der Waals surface area contributed by atoms with Crippen LogP contribution in [-0.4, -0.2) is 6.04 Å². The van der Waals surface area contributed by atoms with E-state index in [1.165, 1.54) is 16.5 Å². The van der Waals surface area contributed by atoms with Crippen LogP contribution < -0.4 is 4.90 Å². The average molecular weight is 286 g/mol. The third-order valence-electron chi connectivity index (χ3n) is 3.82. The van der Waals surface area contributed by atoms with Gasteiger partial charge in [0.2, 0.25) is 0 Å². The van der Waals surface area contributed by atoms with Crippen LogP contribution in [0.1, 0.15) is 19.4 Å². The molecule has 0 aliphatic rings. The van der Waals surface area contributed by atoms with E-state index in [1.54, 1.807) is 0 Å². The molecule has 0 atom stereocenters. The van der Waals surface area contributed by atoms with Crippen LogP contribution in [0.2, 0.25) is 0 Å². The maximum atomic E-state index is 8.97. The fourth-order valence-corrected chi connectivity index (χ4v) is 2.83. The number of anilines is 2. The lowest BCUT2D eigenvalue weighted by Gasteiger charge is -2.30. The third-order valence-corrected chi connectivity index (χ3v) is 3.82. The molecule has 0 N–H and O–H groups in total. The van der Waals surface area contributed by atoms with E-state index < -0.39 is 0 Å². The van der Waals surface area contributed by atoms with Crippen LogP contribution in [-0.2, 0) is 0 Å². The highest BCUT2D eigenvalue weighted by atomic mass is 15.2. The quantitative estimate of drug-likeness (QED) is 0.657. The Morgan fingerprint density at radius 1 is 0.864 bits per heavy atom. The molecule has 0 unspecified atom stereocenters. The second-order valence-corrected chi connectivity index (χ2v) is 5.62. The van der Waals surface area contributed by atoms with Crippen molar-refractivity contribution < 1.29 is 0 Å². The third kappa shape index (κ3) is 2.54. The Labute approximate surface area is 131 Å². The monoisotopic (exact) mass is 286 g/mol. The molecular weight excluding hydrogens is 268 g/mol. The summed E-state index contributed by atoms with van der Waals surface area (Å²) in [5.74, 6) is 0. The molecule has 0 fully saturated rings. The Morgan fingerprint density at radius 2 is 1.55 bits per heavy atom. The van der Waals surface area contributed by atoms with Gasteiger partial charge >= 0.3 is 0 Å². The maximum Gasteiger partial charge on any atom is 0.0991 e. The van der Waals surface area contributed by atoms with Crippen LogP contribution in [0.25, 0.3) is 10.8 Å². The Hall–Kier alpha value is -2.79. The summed E-state index contributed by atoms with van der Waals surface area (Å²) in [7, 11) is 0. The fraction of sp³-hybridized carbons (Fsp3) is 0.150. The molecular formula is C20H18N2. The summed E-state index contributed by atoms with van der Waals surface area (Å²) in [4.78, 5) is 2.31. The molecule has 2 nitrogen and oxygen atoms in total. The summed E-state index contributed by atoms with van der Waals surface area (Å²) in [6, 6.07) is 25.1. The summed E-state index contributed by atoms with van der Waals surface area (Å²) in [6.07, 6.45) is 0. The molecule has 0 spiro atoms. The second-order valence-electron chi connectivity index (χ2n) is 5.62. The van der Waals surface area contributed by atoms with Crippen molar-refractivity contribution in [1.82, 2.24) is 0 Å². The molecule has 3 aromatic rings. The zero-order chi connectivity index (χ0) is 15.5. The lowest BCUT2D eigenvalue weighted by Crippen LogP contribution is -2.25. The normalized spacial score (nSPS) is 10.6. The molecule has 108 valence electrons. The predicted molar refractivity (Wildman–Crippen MR) is 92.4 cm³/mol. The Kier molecular flexibility index (Phi) is 3.80. The smallest absolute Gasteiger partial charge is 0.0991 e. The van der Waals surface area contributed by atoms with Crippen LogP contribution in [0.5, 0.6) is 0 Å². The number of rotatable bonds is 3. The van der Waals surface area contributed by atoms with Crippen molar-refractivity contribution in [3.05, 3.63) is 72.3 Å². The topological polar surface area (TPSA) is 27.0 Å². The molecule has 2 heteroatoms. The Balaban J connectivity index is 2.16. The van der Waals surface area contributed by atoms with Crippen molar-refractivity contribution in [2.24, 2.45) is 0 Å². The van der Waals surface area contributed by atoms with Crippen molar-refractivity contribution in [2.75, 3.05) is 4.90 Å². The van der Waals surface area contributed by atoms with Crippen molar-refractivity contribution in [3.63, 3.8) is 0 Å².